The van der Waals surface area contributed by atoms with Gasteiger partial charge in [-0.3, -0.25) is 29.8 Å². The topological polar surface area (TPSA) is 176 Å². The molecule has 2 heterocycles. The number of ketones is 2. The number of non-ortho nitro benzene ring substituents is 2. The molecule has 262 valence electrons. The minimum absolute atomic E-state index is 0.0652. The van der Waals surface area contributed by atoms with Crippen molar-refractivity contribution in [3.63, 3.8) is 0 Å². The number of phenolic OH excluding ortho intramolecular Hbond substituents is 1. The van der Waals surface area contributed by atoms with Crippen molar-refractivity contribution in [3.05, 3.63) is 139 Å². The van der Waals surface area contributed by atoms with E-state index in [2.05, 4.69) is 6.92 Å². The molecule has 0 atom stereocenters. The summed E-state index contributed by atoms with van der Waals surface area (Å²) in [4.78, 5) is 47.3. The SMILES string of the molecule is CCCCc1oc2ccc([N+](=O)[O-])cc2c1C(=O)c1ccc(O)cc1.CCCCc1oc2ccc([N+](=O)[O-])cc2c1C(=O)c1ccc(OC)cc1. The van der Waals surface area contributed by atoms with Crippen LogP contribution in [0, 0.1) is 20.2 Å². The first-order valence-corrected chi connectivity index (χ1v) is 16.5. The summed E-state index contributed by atoms with van der Waals surface area (Å²) in [6.07, 6.45) is 4.79. The van der Waals surface area contributed by atoms with Crippen molar-refractivity contribution in [3.8, 4) is 11.5 Å². The van der Waals surface area contributed by atoms with Crippen LogP contribution >= 0.6 is 0 Å². The molecule has 2 aromatic heterocycles. The van der Waals surface area contributed by atoms with Crippen molar-refractivity contribution < 1.29 is 38.1 Å². The molecule has 0 fully saturated rings. The van der Waals surface area contributed by atoms with E-state index in [1.54, 1.807) is 37.4 Å². The van der Waals surface area contributed by atoms with Crippen molar-refractivity contribution in [2.45, 2.75) is 52.4 Å². The summed E-state index contributed by atoms with van der Waals surface area (Å²) in [6, 6.07) is 21.3. The van der Waals surface area contributed by atoms with Gasteiger partial charge in [0.2, 0.25) is 0 Å². The molecule has 1 N–H and O–H groups in total. The zero-order valence-electron chi connectivity index (χ0n) is 28.3. The normalized spacial score (nSPS) is 10.9. The summed E-state index contributed by atoms with van der Waals surface area (Å²) < 4.78 is 16.8. The lowest BCUT2D eigenvalue weighted by molar-refractivity contribution is -0.384. The quantitative estimate of drug-likeness (QED) is 0.0696. The highest BCUT2D eigenvalue weighted by Gasteiger charge is 2.25. The average Bonchev–Trinajstić information content (AvgIpc) is 3.70. The highest BCUT2D eigenvalue weighted by molar-refractivity contribution is 6.18. The number of ether oxygens (including phenoxy) is 1. The Morgan fingerprint density at radius 3 is 1.45 bits per heavy atom. The largest absolute Gasteiger partial charge is 0.508 e. The van der Waals surface area contributed by atoms with Crippen LogP contribution in [0.3, 0.4) is 0 Å². The van der Waals surface area contributed by atoms with Gasteiger partial charge in [0.05, 0.1) is 28.1 Å². The first kappa shape index (κ1) is 36.0. The highest BCUT2D eigenvalue weighted by Crippen LogP contribution is 2.34. The molecule has 0 saturated carbocycles. The van der Waals surface area contributed by atoms with Crippen molar-refractivity contribution >= 4 is 44.9 Å². The standard InChI is InChI=1S/C20H19NO5.C19H17NO5/c1-3-4-5-18-19(20(22)13-6-9-15(25-2)10-7-13)16-12-14(21(23)24)8-11-17(16)26-18;1-2-3-4-17-18(19(22)12-5-8-14(21)9-6-12)15-11-13(20(23)24)7-10-16(15)25-17/h6-12H,3-5H2,1-2H3;5-11,21H,2-4H2,1H3. The molecular weight excluding hydrogens is 656 g/mol. The van der Waals surface area contributed by atoms with Crippen LogP contribution in [0.2, 0.25) is 0 Å². The number of methoxy groups -OCH3 is 1. The number of nitrogens with zero attached hydrogens (tertiary/aromatic N) is 2. The summed E-state index contributed by atoms with van der Waals surface area (Å²) in [5.41, 5.74) is 2.43. The number of nitro benzene ring substituents is 2. The smallest absolute Gasteiger partial charge is 0.270 e. The molecule has 0 aliphatic rings. The third-order valence-corrected chi connectivity index (χ3v) is 8.36. The Hall–Kier alpha value is -6.30. The van der Waals surface area contributed by atoms with E-state index < -0.39 is 9.85 Å². The number of rotatable bonds is 13. The fourth-order valence-corrected chi connectivity index (χ4v) is 5.67. The van der Waals surface area contributed by atoms with E-state index in [4.69, 9.17) is 13.6 Å². The monoisotopic (exact) mass is 692 g/mol. The van der Waals surface area contributed by atoms with Gasteiger partial charge in [-0.1, -0.05) is 26.7 Å². The van der Waals surface area contributed by atoms with Crippen LogP contribution in [0.15, 0.2) is 93.8 Å². The van der Waals surface area contributed by atoms with E-state index in [0.29, 0.717) is 74.3 Å². The van der Waals surface area contributed by atoms with Gasteiger partial charge in [-0.15, -0.1) is 0 Å². The van der Waals surface area contributed by atoms with Crippen LogP contribution < -0.4 is 4.74 Å². The van der Waals surface area contributed by atoms with Gasteiger partial charge in [-0.2, -0.15) is 0 Å². The van der Waals surface area contributed by atoms with Gasteiger partial charge < -0.3 is 18.7 Å². The number of phenols is 1. The highest BCUT2D eigenvalue weighted by atomic mass is 16.6. The Labute approximate surface area is 292 Å². The van der Waals surface area contributed by atoms with Gasteiger partial charge in [0.15, 0.2) is 11.6 Å². The van der Waals surface area contributed by atoms with Crippen LogP contribution in [0.5, 0.6) is 11.5 Å². The molecule has 6 rings (SSSR count). The lowest BCUT2D eigenvalue weighted by Crippen LogP contribution is -2.04. The van der Waals surface area contributed by atoms with Crippen LogP contribution in [-0.4, -0.2) is 33.6 Å². The summed E-state index contributed by atoms with van der Waals surface area (Å²) in [7, 11) is 1.56. The number of furan rings is 2. The second kappa shape index (κ2) is 15.9. The van der Waals surface area contributed by atoms with Gasteiger partial charge >= 0.3 is 0 Å². The van der Waals surface area contributed by atoms with E-state index >= 15 is 0 Å². The lowest BCUT2D eigenvalue weighted by Gasteiger charge is -2.04. The Bertz CT molecular complexity index is 2210. The van der Waals surface area contributed by atoms with Gasteiger partial charge in [-0.25, -0.2) is 0 Å². The van der Waals surface area contributed by atoms with Crippen LogP contribution in [-0.2, 0) is 12.8 Å². The Kier molecular flexibility index (Phi) is 11.2. The molecule has 12 heteroatoms. The fourth-order valence-electron chi connectivity index (χ4n) is 5.67. The Morgan fingerprint density at radius 1 is 0.667 bits per heavy atom. The maximum Gasteiger partial charge on any atom is 0.270 e. The van der Waals surface area contributed by atoms with Crippen molar-refractivity contribution in [1.29, 1.82) is 0 Å². The summed E-state index contributed by atoms with van der Waals surface area (Å²) >= 11 is 0. The zero-order valence-corrected chi connectivity index (χ0v) is 28.3. The predicted octanol–water partition coefficient (Wildman–Crippen LogP) is 9.54. The first-order chi connectivity index (χ1) is 24.6. The minimum Gasteiger partial charge on any atom is -0.508 e. The molecular formula is C39H36N2O10. The number of hydrogen-bond acceptors (Lipinski definition) is 10. The number of aromatic hydroxyl groups is 1. The average molecular weight is 693 g/mol. The van der Waals surface area contributed by atoms with E-state index in [1.807, 2.05) is 6.92 Å². The first-order valence-electron chi connectivity index (χ1n) is 16.5. The van der Waals surface area contributed by atoms with E-state index in [0.717, 1.165) is 25.7 Å². The molecule has 0 unspecified atom stereocenters. The molecule has 0 radical (unpaired) electrons. The van der Waals surface area contributed by atoms with Crippen LogP contribution in [0.1, 0.15) is 82.9 Å². The second-order valence-electron chi connectivity index (χ2n) is 11.8. The number of hydrogen-bond donors (Lipinski definition) is 1. The summed E-state index contributed by atoms with van der Waals surface area (Å²) in [5.74, 6) is 1.35. The maximum atomic E-state index is 13.1. The number of benzene rings is 4. The molecule has 51 heavy (non-hydrogen) atoms. The number of aryl methyl sites for hydroxylation is 2. The number of carbonyl (C=O) groups excluding carboxylic acids is 2. The van der Waals surface area contributed by atoms with Crippen LogP contribution in [0.25, 0.3) is 21.9 Å². The molecule has 0 amide bonds. The zero-order chi connectivity index (χ0) is 36.7. The lowest BCUT2D eigenvalue weighted by atomic mass is 9.98. The number of fused-ring (bicyclic) bond motifs is 2. The van der Waals surface area contributed by atoms with Crippen molar-refractivity contribution in [2.75, 3.05) is 7.11 Å². The third kappa shape index (κ3) is 7.96. The number of carbonyl (C=O) groups is 2. The number of unbranched alkanes of at least 4 members (excludes halogenated alkanes) is 2. The molecule has 0 spiro atoms. The molecule has 0 bridgehead atoms. The third-order valence-electron chi connectivity index (χ3n) is 8.36. The summed E-state index contributed by atoms with van der Waals surface area (Å²) in [5, 5.41) is 32.5. The summed E-state index contributed by atoms with van der Waals surface area (Å²) in [6.45, 7) is 4.09. The Morgan fingerprint density at radius 2 is 1.08 bits per heavy atom. The van der Waals surface area contributed by atoms with Gasteiger partial charge in [0.25, 0.3) is 11.4 Å². The maximum absolute atomic E-state index is 13.1. The molecule has 12 nitrogen and oxygen atoms in total. The minimum atomic E-state index is -0.493. The second-order valence-corrected chi connectivity index (χ2v) is 11.8. The number of nitro groups is 2. The molecule has 0 aliphatic carbocycles. The Balaban J connectivity index is 0.000000198. The van der Waals surface area contributed by atoms with E-state index in [1.165, 1.54) is 54.6 Å². The van der Waals surface area contributed by atoms with Crippen molar-refractivity contribution in [1.82, 2.24) is 0 Å². The van der Waals surface area contributed by atoms with Gasteiger partial charge in [0.1, 0.15) is 34.2 Å². The molecule has 6 aromatic rings. The van der Waals surface area contributed by atoms with E-state index in [9.17, 15) is 34.9 Å². The molecule has 0 aliphatic heterocycles. The predicted molar refractivity (Wildman–Crippen MR) is 191 cm³/mol. The molecule has 0 saturated heterocycles. The van der Waals surface area contributed by atoms with Crippen molar-refractivity contribution in [2.24, 2.45) is 0 Å². The van der Waals surface area contributed by atoms with E-state index in [-0.39, 0.29) is 28.7 Å². The molecule has 4 aromatic carbocycles. The van der Waals surface area contributed by atoms with Crippen LogP contribution in [0.4, 0.5) is 11.4 Å². The fraction of sp³-hybridized carbons (Fsp3) is 0.231. The van der Waals surface area contributed by atoms with Gasteiger partial charge in [-0.05, 0) is 73.5 Å². The van der Waals surface area contributed by atoms with Gasteiger partial charge in [0, 0.05) is 59.0 Å².